The van der Waals surface area contributed by atoms with Gasteiger partial charge in [0.2, 0.25) is 0 Å². The predicted octanol–water partition coefficient (Wildman–Crippen LogP) is 4.25. The van der Waals surface area contributed by atoms with Crippen molar-refractivity contribution in [1.29, 1.82) is 0 Å². The summed E-state index contributed by atoms with van der Waals surface area (Å²) in [5.74, 6) is 0. The first kappa shape index (κ1) is 10.6. The molecule has 1 aromatic rings. The van der Waals surface area contributed by atoms with Crippen LogP contribution in [-0.2, 0) is 12.8 Å². The van der Waals surface area contributed by atoms with Crippen LogP contribution in [0.15, 0.2) is 18.2 Å². The molecular formula is C12H17Cl. The van der Waals surface area contributed by atoms with Crippen LogP contribution in [0.25, 0.3) is 0 Å². The maximum absolute atomic E-state index is 5.95. The largest absolute Gasteiger partial charge is 0.0843 e. The van der Waals surface area contributed by atoms with Crippen LogP contribution >= 0.6 is 11.6 Å². The van der Waals surface area contributed by atoms with Gasteiger partial charge in [0.1, 0.15) is 0 Å². The fraction of sp³-hybridized carbons (Fsp3) is 0.500. The molecule has 0 unspecified atom stereocenters. The molecule has 0 aliphatic carbocycles. The molecule has 0 atom stereocenters. The second kappa shape index (κ2) is 5.29. The Hall–Kier alpha value is -0.490. The Kier molecular flexibility index (Phi) is 4.31. The highest BCUT2D eigenvalue weighted by molar-refractivity contribution is 6.30. The molecule has 13 heavy (non-hydrogen) atoms. The van der Waals surface area contributed by atoms with Crippen LogP contribution < -0.4 is 0 Å². The summed E-state index contributed by atoms with van der Waals surface area (Å²) in [5.41, 5.74) is 2.87. The molecule has 0 spiro atoms. The molecule has 72 valence electrons. The summed E-state index contributed by atoms with van der Waals surface area (Å²) in [6.45, 7) is 4.41. The molecule has 0 fully saturated rings. The predicted molar refractivity (Wildman–Crippen MR) is 59.4 cm³/mol. The van der Waals surface area contributed by atoms with Crippen molar-refractivity contribution in [2.75, 3.05) is 0 Å². The van der Waals surface area contributed by atoms with Crippen molar-refractivity contribution < 1.29 is 0 Å². The molecule has 0 N–H and O–H groups in total. The molecule has 1 heteroatoms. The Bertz CT molecular complexity index is 266. The number of unbranched alkanes of at least 4 members (excludes halogenated alkanes) is 1. The second-order valence-electron chi connectivity index (χ2n) is 3.37. The molecule has 0 aromatic heterocycles. The highest BCUT2D eigenvalue weighted by Gasteiger charge is 2.00. The van der Waals surface area contributed by atoms with E-state index in [4.69, 9.17) is 11.6 Å². The molecule has 0 amide bonds. The van der Waals surface area contributed by atoms with Crippen molar-refractivity contribution in [2.45, 2.75) is 39.5 Å². The Morgan fingerprint density at radius 1 is 1.15 bits per heavy atom. The summed E-state index contributed by atoms with van der Waals surface area (Å²) in [6, 6.07) is 6.24. The van der Waals surface area contributed by atoms with Crippen molar-refractivity contribution >= 4 is 11.6 Å². The SMILES string of the molecule is CCCCc1cc(Cl)ccc1CC. The van der Waals surface area contributed by atoms with Crippen molar-refractivity contribution in [2.24, 2.45) is 0 Å². The van der Waals surface area contributed by atoms with Crippen LogP contribution in [0.2, 0.25) is 5.02 Å². The van der Waals surface area contributed by atoms with Gasteiger partial charge in [-0.1, -0.05) is 37.9 Å². The highest BCUT2D eigenvalue weighted by atomic mass is 35.5. The average molecular weight is 197 g/mol. The van der Waals surface area contributed by atoms with Crippen LogP contribution in [0.3, 0.4) is 0 Å². The van der Waals surface area contributed by atoms with Gasteiger partial charge < -0.3 is 0 Å². The van der Waals surface area contributed by atoms with E-state index in [0.717, 1.165) is 11.4 Å². The topological polar surface area (TPSA) is 0 Å². The Morgan fingerprint density at radius 3 is 2.54 bits per heavy atom. The third-order valence-corrected chi connectivity index (χ3v) is 2.58. The maximum atomic E-state index is 5.95. The van der Waals surface area contributed by atoms with Gasteiger partial charge in [0, 0.05) is 5.02 Å². The fourth-order valence-electron chi connectivity index (χ4n) is 1.54. The molecule has 0 saturated carbocycles. The molecule has 1 aromatic carbocycles. The summed E-state index contributed by atoms with van der Waals surface area (Å²) < 4.78 is 0. The Labute approximate surface area is 85.9 Å². The Balaban J connectivity index is 2.81. The van der Waals surface area contributed by atoms with Crippen LogP contribution in [0, 0.1) is 0 Å². The first-order chi connectivity index (χ1) is 6.27. The molecule has 0 bridgehead atoms. The number of halogens is 1. The van der Waals surface area contributed by atoms with Gasteiger partial charge in [-0.05, 0) is 42.5 Å². The lowest BCUT2D eigenvalue weighted by Gasteiger charge is -2.07. The van der Waals surface area contributed by atoms with E-state index >= 15 is 0 Å². The average Bonchev–Trinajstić information content (AvgIpc) is 2.15. The van der Waals surface area contributed by atoms with Crippen LogP contribution in [0.4, 0.5) is 0 Å². The van der Waals surface area contributed by atoms with Crippen molar-refractivity contribution in [3.8, 4) is 0 Å². The molecule has 0 radical (unpaired) electrons. The smallest absolute Gasteiger partial charge is 0.0408 e. The summed E-state index contributed by atoms with van der Waals surface area (Å²) >= 11 is 5.95. The zero-order valence-electron chi connectivity index (χ0n) is 8.44. The lowest BCUT2D eigenvalue weighted by atomic mass is 10.0. The third kappa shape index (κ3) is 3.04. The van der Waals surface area contributed by atoms with Gasteiger partial charge >= 0.3 is 0 Å². The van der Waals surface area contributed by atoms with E-state index in [-0.39, 0.29) is 0 Å². The minimum absolute atomic E-state index is 0.864. The first-order valence-corrected chi connectivity index (χ1v) is 5.43. The van der Waals surface area contributed by atoms with Gasteiger partial charge in [-0.2, -0.15) is 0 Å². The minimum atomic E-state index is 0.864. The van der Waals surface area contributed by atoms with Gasteiger partial charge in [0.05, 0.1) is 0 Å². The lowest BCUT2D eigenvalue weighted by Crippen LogP contribution is -1.92. The van der Waals surface area contributed by atoms with E-state index in [0.29, 0.717) is 0 Å². The fourth-order valence-corrected chi connectivity index (χ4v) is 1.73. The van der Waals surface area contributed by atoms with Crippen molar-refractivity contribution in [1.82, 2.24) is 0 Å². The van der Waals surface area contributed by atoms with E-state index in [9.17, 15) is 0 Å². The number of aryl methyl sites for hydroxylation is 2. The quantitative estimate of drug-likeness (QED) is 0.676. The Morgan fingerprint density at radius 2 is 1.92 bits per heavy atom. The first-order valence-electron chi connectivity index (χ1n) is 5.05. The molecular weight excluding hydrogens is 180 g/mol. The van der Waals surface area contributed by atoms with E-state index in [2.05, 4.69) is 26.0 Å². The van der Waals surface area contributed by atoms with E-state index < -0.39 is 0 Å². The van der Waals surface area contributed by atoms with Gasteiger partial charge in [-0.15, -0.1) is 0 Å². The normalized spacial score (nSPS) is 10.4. The summed E-state index contributed by atoms with van der Waals surface area (Å²) in [7, 11) is 0. The second-order valence-corrected chi connectivity index (χ2v) is 3.81. The van der Waals surface area contributed by atoms with Crippen molar-refractivity contribution in [3.05, 3.63) is 34.3 Å². The molecule has 0 aliphatic heterocycles. The zero-order chi connectivity index (χ0) is 9.68. The van der Waals surface area contributed by atoms with Crippen LogP contribution in [-0.4, -0.2) is 0 Å². The van der Waals surface area contributed by atoms with E-state index in [1.165, 1.54) is 30.4 Å². The van der Waals surface area contributed by atoms with Gasteiger partial charge in [-0.25, -0.2) is 0 Å². The van der Waals surface area contributed by atoms with Gasteiger partial charge in [0.25, 0.3) is 0 Å². The van der Waals surface area contributed by atoms with E-state index in [1.807, 2.05) is 6.07 Å². The zero-order valence-corrected chi connectivity index (χ0v) is 9.19. The van der Waals surface area contributed by atoms with Gasteiger partial charge in [-0.3, -0.25) is 0 Å². The molecule has 0 aliphatic rings. The molecule has 0 nitrogen and oxygen atoms in total. The van der Waals surface area contributed by atoms with Gasteiger partial charge in [0.15, 0.2) is 0 Å². The summed E-state index contributed by atoms with van der Waals surface area (Å²) in [4.78, 5) is 0. The van der Waals surface area contributed by atoms with Crippen LogP contribution in [0.1, 0.15) is 37.8 Å². The number of benzene rings is 1. The lowest BCUT2D eigenvalue weighted by molar-refractivity contribution is 0.787. The standard InChI is InChI=1S/C12H17Cl/c1-3-5-6-11-9-12(13)8-7-10(11)4-2/h7-9H,3-6H2,1-2H3. The summed E-state index contributed by atoms with van der Waals surface area (Å²) in [6.07, 6.45) is 4.78. The van der Waals surface area contributed by atoms with E-state index in [1.54, 1.807) is 0 Å². The molecule has 0 heterocycles. The van der Waals surface area contributed by atoms with Crippen molar-refractivity contribution in [3.63, 3.8) is 0 Å². The number of rotatable bonds is 4. The third-order valence-electron chi connectivity index (χ3n) is 2.35. The molecule has 1 rings (SSSR count). The minimum Gasteiger partial charge on any atom is -0.0843 e. The monoisotopic (exact) mass is 196 g/mol. The van der Waals surface area contributed by atoms with Crippen LogP contribution in [0.5, 0.6) is 0 Å². The summed E-state index contributed by atoms with van der Waals surface area (Å²) in [5, 5.41) is 0.864. The molecule has 0 saturated heterocycles. The maximum Gasteiger partial charge on any atom is 0.0408 e. The highest BCUT2D eigenvalue weighted by Crippen LogP contribution is 2.18. The number of hydrogen-bond acceptors (Lipinski definition) is 0. The number of hydrogen-bond donors (Lipinski definition) is 0.